The van der Waals surface area contributed by atoms with Gasteiger partial charge in [0.05, 0.1) is 0 Å². The average molecular weight is 272 g/mol. The molecule has 7 heteroatoms. The number of hydrogen-bond acceptors (Lipinski definition) is 2. The molecule has 1 rings (SSSR count). The molecule has 0 aliphatic carbocycles. The average Bonchev–Trinajstić information content (AvgIpc) is 1.99. The molecule has 1 aromatic carbocycles. The molecule has 0 aromatic heterocycles. The molecule has 0 amide bonds. The van der Waals surface area contributed by atoms with E-state index in [0.29, 0.717) is 5.75 Å². The fourth-order valence-electron chi connectivity index (χ4n) is 0.961. The van der Waals surface area contributed by atoms with Gasteiger partial charge in [-0.3, -0.25) is 0 Å². The summed E-state index contributed by atoms with van der Waals surface area (Å²) < 4.78 is 8.88. The van der Waals surface area contributed by atoms with E-state index in [9.17, 15) is 0 Å². The van der Waals surface area contributed by atoms with Gasteiger partial charge in [-0.25, -0.2) is 4.57 Å². The quantitative estimate of drug-likeness (QED) is 0.419. The molecule has 1 aromatic rings. The van der Waals surface area contributed by atoms with Crippen LogP contribution in [0, 0.1) is 0 Å². The predicted molar refractivity (Wildman–Crippen MR) is 68.2 cm³/mol. The second kappa shape index (κ2) is 7.54. The Morgan fingerprint density at radius 1 is 1.00 bits per heavy atom. The third kappa shape index (κ3) is 12.4. The zero-order valence-corrected chi connectivity index (χ0v) is 10.3. The Morgan fingerprint density at radius 3 is 1.53 bits per heavy atom. The summed E-state index contributed by atoms with van der Waals surface area (Å²) in [7, 11) is -4.64. The van der Waals surface area contributed by atoms with E-state index in [2.05, 4.69) is 20.8 Å². The standard InChI is InChI=1S/C10H14O.Na.H3O4P.H/c1-10(2,3)8-4-6-9(11)7-5-8;;1-5(2,3)4;/h4-7,11H,1-3H3;;(H3,1,2,3,4);. The van der Waals surface area contributed by atoms with Crippen molar-refractivity contribution in [2.24, 2.45) is 0 Å². The molecule has 0 saturated heterocycles. The van der Waals surface area contributed by atoms with Crippen LogP contribution in [0.25, 0.3) is 0 Å². The van der Waals surface area contributed by atoms with E-state index < -0.39 is 7.82 Å². The van der Waals surface area contributed by atoms with E-state index in [1.54, 1.807) is 12.1 Å². The summed E-state index contributed by atoms with van der Waals surface area (Å²) in [6, 6.07) is 7.35. The first-order chi connectivity index (χ1) is 7.00. The molecule has 0 bridgehead atoms. The van der Waals surface area contributed by atoms with E-state index in [0.717, 1.165) is 0 Å². The van der Waals surface area contributed by atoms with Crippen LogP contribution in [0.3, 0.4) is 0 Å². The molecule has 0 atom stereocenters. The van der Waals surface area contributed by atoms with Crippen LogP contribution in [-0.2, 0) is 9.98 Å². The van der Waals surface area contributed by atoms with Gasteiger partial charge < -0.3 is 19.8 Å². The summed E-state index contributed by atoms with van der Waals surface area (Å²) in [6.45, 7) is 6.46. The number of phosphoric acid groups is 1. The van der Waals surface area contributed by atoms with Crippen molar-refractivity contribution in [1.29, 1.82) is 0 Å². The fourth-order valence-corrected chi connectivity index (χ4v) is 0.961. The Hall–Kier alpha value is 0.130. The first-order valence-corrected chi connectivity index (χ1v) is 6.14. The number of aromatic hydroxyl groups is 1. The van der Waals surface area contributed by atoms with E-state index in [-0.39, 0.29) is 35.0 Å². The summed E-state index contributed by atoms with van der Waals surface area (Å²) in [5.41, 5.74) is 1.42. The Labute approximate surface area is 123 Å². The van der Waals surface area contributed by atoms with Gasteiger partial charge in [0.15, 0.2) is 0 Å². The van der Waals surface area contributed by atoms with Crippen molar-refractivity contribution in [3.8, 4) is 5.75 Å². The molecule has 0 aliphatic heterocycles. The molecule has 5 nitrogen and oxygen atoms in total. The van der Waals surface area contributed by atoms with Gasteiger partial charge in [-0.1, -0.05) is 32.9 Å². The van der Waals surface area contributed by atoms with Gasteiger partial charge in [-0.15, -0.1) is 0 Å². The Balaban J connectivity index is 0. The normalized spacial score (nSPS) is 10.9. The van der Waals surface area contributed by atoms with Crippen LogP contribution < -0.4 is 0 Å². The van der Waals surface area contributed by atoms with Gasteiger partial charge in [0.2, 0.25) is 0 Å². The number of benzene rings is 1. The van der Waals surface area contributed by atoms with Crippen molar-refractivity contribution in [1.82, 2.24) is 0 Å². The molecule has 0 aliphatic rings. The third-order valence-corrected chi connectivity index (χ3v) is 1.73. The maximum atomic E-state index is 9.02. The van der Waals surface area contributed by atoms with Gasteiger partial charge in [-0.2, -0.15) is 0 Å². The zero-order chi connectivity index (χ0) is 13.0. The monoisotopic (exact) mass is 272 g/mol. The molecule has 0 radical (unpaired) electrons. The Kier molecular flexibility index (Phi) is 8.63. The first-order valence-electron chi connectivity index (χ1n) is 4.58. The number of phenols is 1. The molecule has 0 spiro atoms. The van der Waals surface area contributed by atoms with Crippen molar-refractivity contribution in [3.05, 3.63) is 29.8 Å². The van der Waals surface area contributed by atoms with Crippen LogP contribution in [0.5, 0.6) is 5.75 Å². The van der Waals surface area contributed by atoms with Crippen molar-refractivity contribution < 1.29 is 24.4 Å². The maximum absolute atomic E-state index is 9.02. The molecule has 0 unspecified atom stereocenters. The van der Waals surface area contributed by atoms with Crippen molar-refractivity contribution in [2.75, 3.05) is 0 Å². The summed E-state index contributed by atoms with van der Waals surface area (Å²) in [5.74, 6) is 0.331. The molecule has 4 N–H and O–H groups in total. The summed E-state index contributed by atoms with van der Waals surface area (Å²) in [4.78, 5) is 21.6. The minimum absolute atomic E-state index is 0. The number of rotatable bonds is 0. The number of hydrogen-bond donors (Lipinski definition) is 4. The predicted octanol–water partition coefficient (Wildman–Crippen LogP) is 1.11. The van der Waals surface area contributed by atoms with Crippen LogP contribution in [0.15, 0.2) is 24.3 Å². The minimum atomic E-state index is -4.64. The van der Waals surface area contributed by atoms with Crippen LogP contribution >= 0.6 is 7.82 Å². The summed E-state index contributed by atoms with van der Waals surface area (Å²) in [6.07, 6.45) is 0. The second-order valence-electron chi connectivity index (χ2n) is 4.31. The van der Waals surface area contributed by atoms with Crippen LogP contribution in [0.1, 0.15) is 26.3 Å². The van der Waals surface area contributed by atoms with Gasteiger partial charge in [0, 0.05) is 0 Å². The van der Waals surface area contributed by atoms with E-state index >= 15 is 0 Å². The fraction of sp³-hybridized carbons (Fsp3) is 0.400. The van der Waals surface area contributed by atoms with E-state index in [1.807, 2.05) is 12.1 Å². The van der Waals surface area contributed by atoms with Crippen molar-refractivity contribution in [2.45, 2.75) is 26.2 Å². The molecule has 94 valence electrons. The molecular weight excluding hydrogens is 254 g/mol. The SMILES string of the molecule is CC(C)(C)c1ccc(O)cc1.O=P(O)(O)O.[NaH]. The van der Waals surface area contributed by atoms with Crippen molar-refractivity contribution >= 4 is 37.4 Å². The van der Waals surface area contributed by atoms with Gasteiger partial charge in [0.25, 0.3) is 0 Å². The zero-order valence-electron chi connectivity index (χ0n) is 9.45. The molecule has 0 saturated carbocycles. The van der Waals surface area contributed by atoms with Crippen molar-refractivity contribution in [3.63, 3.8) is 0 Å². The van der Waals surface area contributed by atoms with Crippen LogP contribution in [0.2, 0.25) is 0 Å². The second-order valence-corrected chi connectivity index (χ2v) is 5.34. The first kappa shape index (κ1) is 19.5. The number of phenolic OH excluding ortho intramolecular Hbond substituents is 1. The Bertz CT molecular complexity index is 357. The molecule has 0 heterocycles. The van der Waals surface area contributed by atoms with E-state index in [1.165, 1.54) is 5.56 Å². The van der Waals surface area contributed by atoms with Gasteiger partial charge >= 0.3 is 37.4 Å². The molecule has 0 fully saturated rings. The summed E-state index contributed by atoms with van der Waals surface area (Å²) >= 11 is 0. The summed E-state index contributed by atoms with van der Waals surface area (Å²) in [5, 5.41) is 9.02. The van der Waals surface area contributed by atoms with Crippen LogP contribution in [0.4, 0.5) is 0 Å². The van der Waals surface area contributed by atoms with E-state index in [4.69, 9.17) is 24.4 Å². The van der Waals surface area contributed by atoms with Gasteiger partial charge in [0.1, 0.15) is 5.75 Å². The third-order valence-electron chi connectivity index (χ3n) is 1.73. The Morgan fingerprint density at radius 2 is 1.29 bits per heavy atom. The topological polar surface area (TPSA) is 98.0 Å². The van der Waals surface area contributed by atoms with Crippen LogP contribution in [-0.4, -0.2) is 49.3 Å². The van der Waals surface area contributed by atoms with Gasteiger partial charge in [-0.05, 0) is 23.1 Å². The molecular formula is C10H18NaO5P. The molecule has 17 heavy (non-hydrogen) atoms.